The fraction of sp³-hybridized carbons (Fsp3) is 0.628. The van der Waals surface area contributed by atoms with Gasteiger partial charge in [0.15, 0.2) is 0 Å². The third-order valence-electron chi connectivity index (χ3n) is 8.64. The summed E-state index contributed by atoms with van der Waals surface area (Å²) in [5.74, 6) is 1.64. The summed E-state index contributed by atoms with van der Waals surface area (Å²) < 4.78 is 0. The lowest BCUT2D eigenvalue weighted by atomic mass is 9.85. The Balaban J connectivity index is 0.000000615. The minimum Gasteiger partial charge on any atom is -0.103 e. The van der Waals surface area contributed by atoms with Crippen LogP contribution in [0.2, 0.25) is 0 Å². The lowest BCUT2D eigenvalue weighted by molar-refractivity contribution is 0.428. The SMILES string of the molecule is C=C(C)CC.C=CCCCCC.CCCC(C)CC(CC)c1ccc2c(c1)CCC2.CCCCCc1cccc(CC)c1. The molecular weight excluding hydrogens is 516 g/mol. The molecule has 244 valence electrons. The van der Waals surface area contributed by atoms with Crippen LogP contribution in [0, 0.1) is 5.92 Å². The van der Waals surface area contributed by atoms with Gasteiger partial charge in [0.05, 0.1) is 0 Å². The molecule has 0 nitrogen and oxygen atoms in total. The lowest BCUT2D eigenvalue weighted by Gasteiger charge is -2.20. The zero-order valence-electron chi connectivity index (χ0n) is 30.2. The Morgan fingerprint density at radius 3 is 2.05 bits per heavy atom. The first-order valence-electron chi connectivity index (χ1n) is 18.2. The third kappa shape index (κ3) is 20.5. The molecule has 0 saturated carbocycles. The van der Waals surface area contributed by atoms with Crippen molar-refractivity contribution in [3.8, 4) is 0 Å². The molecule has 0 bridgehead atoms. The average molecular weight is 589 g/mol. The average Bonchev–Trinajstić information content (AvgIpc) is 3.50. The molecule has 43 heavy (non-hydrogen) atoms. The van der Waals surface area contributed by atoms with Crippen LogP contribution in [0.5, 0.6) is 0 Å². The molecule has 0 amide bonds. The minimum absolute atomic E-state index is 0.775. The first-order valence-corrected chi connectivity index (χ1v) is 18.2. The summed E-state index contributed by atoms with van der Waals surface area (Å²) in [4.78, 5) is 0. The Hall–Kier alpha value is -2.08. The number of unbranched alkanes of at least 4 members (excludes halogenated alkanes) is 5. The summed E-state index contributed by atoms with van der Waals surface area (Å²) in [6.07, 6.45) is 24.0. The maximum atomic E-state index is 3.67. The highest BCUT2D eigenvalue weighted by atomic mass is 14.2. The van der Waals surface area contributed by atoms with Crippen molar-refractivity contribution in [2.24, 2.45) is 5.92 Å². The monoisotopic (exact) mass is 589 g/mol. The number of rotatable bonds is 16. The van der Waals surface area contributed by atoms with Gasteiger partial charge in [-0.25, -0.2) is 0 Å². The Kier molecular flexibility index (Phi) is 26.1. The van der Waals surface area contributed by atoms with E-state index in [0.29, 0.717) is 0 Å². The number of benzene rings is 2. The molecule has 0 saturated heterocycles. The predicted molar refractivity (Wildman–Crippen MR) is 199 cm³/mol. The zero-order valence-corrected chi connectivity index (χ0v) is 30.2. The normalized spacial score (nSPS) is 12.7. The summed E-state index contributed by atoms with van der Waals surface area (Å²) in [6, 6.07) is 16.3. The van der Waals surface area contributed by atoms with Gasteiger partial charge in [-0.1, -0.05) is 141 Å². The largest absolute Gasteiger partial charge is 0.103 e. The van der Waals surface area contributed by atoms with Gasteiger partial charge in [-0.2, -0.15) is 0 Å². The molecule has 0 heterocycles. The maximum Gasteiger partial charge on any atom is -0.0162 e. The molecule has 2 atom stereocenters. The van der Waals surface area contributed by atoms with Crippen molar-refractivity contribution in [2.75, 3.05) is 0 Å². The van der Waals surface area contributed by atoms with Crippen LogP contribution in [-0.4, -0.2) is 0 Å². The van der Waals surface area contributed by atoms with E-state index in [1.807, 2.05) is 13.0 Å². The minimum atomic E-state index is 0.775. The first-order chi connectivity index (χ1) is 20.8. The zero-order chi connectivity index (χ0) is 32.3. The number of fused-ring (bicyclic) bond motifs is 1. The van der Waals surface area contributed by atoms with E-state index in [1.54, 1.807) is 16.7 Å². The second-order valence-electron chi connectivity index (χ2n) is 12.8. The number of aryl methyl sites for hydroxylation is 4. The smallest absolute Gasteiger partial charge is 0.0162 e. The van der Waals surface area contributed by atoms with Crippen LogP contribution in [0.4, 0.5) is 0 Å². The van der Waals surface area contributed by atoms with Gasteiger partial charge in [0, 0.05) is 0 Å². The van der Waals surface area contributed by atoms with Gasteiger partial charge >= 0.3 is 0 Å². The Bertz CT molecular complexity index is 948. The van der Waals surface area contributed by atoms with Crippen LogP contribution >= 0.6 is 0 Å². The van der Waals surface area contributed by atoms with Crippen molar-refractivity contribution in [3.05, 3.63) is 95.1 Å². The first kappa shape index (κ1) is 40.9. The Labute approximate surface area is 270 Å². The summed E-state index contributed by atoms with van der Waals surface area (Å²) >= 11 is 0. The maximum absolute atomic E-state index is 3.67. The van der Waals surface area contributed by atoms with Crippen molar-refractivity contribution < 1.29 is 0 Å². The van der Waals surface area contributed by atoms with Crippen LogP contribution in [0.3, 0.4) is 0 Å². The molecule has 1 aliphatic rings. The molecule has 2 aromatic rings. The van der Waals surface area contributed by atoms with Crippen molar-refractivity contribution in [2.45, 2.75) is 170 Å². The summed E-state index contributed by atoms with van der Waals surface area (Å²) in [7, 11) is 0. The van der Waals surface area contributed by atoms with Gasteiger partial charge in [-0.05, 0) is 117 Å². The fourth-order valence-electron chi connectivity index (χ4n) is 5.60. The van der Waals surface area contributed by atoms with Crippen molar-refractivity contribution >= 4 is 0 Å². The van der Waals surface area contributed by atoms with Gasteiger partial charge in [-0.3, -0.25) is 0 Å². The fourth-order valence-corrected chi connectivity index (χ4v) is 5.60. The van der Waals surface area contributed by atoms with E-state index in [-0.39, 0.29) is 0 Å². The van der Waals surface area contributed by atoms with Crippen LogP contribution < -0.4 is 0 Å². The molecule has 0 spiro atoms. The van der Waals surface area contributed by atoms with Gasteiger partial charge in [0.25, 0.3) is 0 Å². The lowest BCUT2D eigenvalue weighted by Crippen LogP contribution is -2.05. The molecular formula is C43H72. The second-order valence-corrected chi connectivity index (χ2v) is 12.8. The molecule has 2 unspecified atom stereocenters. The van der Waals surface area contributed by atoms with E-state index in [4.69, 9.17) is 0 Å². The van der Waals surface area contributed by atoms with E-state index in [2.05, 4.69) is 104 Å². The summed E-state index contributed by atoms with van der Waals surface area (Å²) in [5, 5.41) is 0. The molecule has 0 N–H and O–H groups in total. The van der Waals surface area contributed by atoms with Crippen molar-refractivity contribution in [3.63, 3.8) is 0 Å². The van der Waals surface area contributed by atoms with Crippen LogP contribution in [0.1, 0.15) is 173 Å². The standard InChI is InChI=1S/C18H28.C13H20.C7H14.C5H10/c1-4-7-14(3)12-15(5-2)18-11-10-16-8-6-9-17(16)13-18;1-3-5-6-8-13-10-7-9-12(4-2)11-13;1-3-5-7-6-4-2;1-4-5(2)3/h10-11,13-15H,4-9,12H2,1-3H3;7,9-11H,3-6,8H2,1-2H3;3H,1,4-7H2,2H3;2,4H2,1,3H3. The van der Waals surface area contributed by atoms with E-state index in [0.717, 1.165) is 24.7 Å². The molecule has 1 aliphatic carbocycles. The molecule has 0 heteroatoms. The van der Waals surface area contributed by atoms with Crippen LogP contribution in [-0.2, 0) is 25.7 Å². The predicted octanol–water partition coefficient (Wildman–Crippen LogP) is 14.2. The highest BCUT2D eigenvalue weighted by molar-refractivity contribution is 5.36. The van der Waals surface area contributed by atoms with E-state index < -0.39 is 0 Å². The highest BCUT2D eigenvalue weighted by Crippen LogP contribution is 2.32. The molecule has 0 radical (unpaired) electrons. The van der Waals surface area contributed by atoms with Gasteiger partial charge < -0.3 is 0 Å². The molecule has 0 fully saturated rings. The van der Waals surface area contributed by atoms with E-state index in [9.17, 15) is 0 Å². The number of hydrogen-bond acceptors (Lipinski definition) is 0. The summed E-state index contributed by atoms with van der Waals surface area (Å²) in [5.41, 5.74) is 9.07. The molecule has 3 rings (SSSR count). The van der Waals surface area contributed by atoms with E-state index >= 15 is 0 Å². The second kappa shape index (κ2) is 27.5. The van der Waals surface area contributed by atoms with Crippen molar-refractivity contribution in [1.29, 1.82) is 0 Å². The van der Waals surface area contributed by atoms with Gasteiger partial charge in [0.1, 0.15) is 0 Å². The third-order valence-corrected chi connectivity index (χ3v) is 8.64. The summed E-state index contributed by atoms with van der Waals surface area (Å²) in [6.45, 7) is 25.2. The topological polar surface area (TPSA) is 0 Å². The van der Waals surface area contributed by atoms with Crippen LogP contribution in [0.25, 0.3) is 0 Å². The van der Waals surface area contributed by atoms with E-state index in [1.165, 1.54) is 113 Å². The quantitative estimate of drug-likeness (QED) is 0.135. The number of hydrogen-bond donors (Lipinski definition) is 0. The molecule has 0 aliphatic heterocycles. The Morgan fingerprint density at radius 1 is 0.814 bits per heavy atom. The van der Waals surface area contributed by atoms with Crippen LogP contribution in [0.15, 0.2) is 67.3 Å². The molecule has 0 aromatic heterocycles. The van der Waals surface area contributed by atoms with Crippen molar-refractivity contribution in [1.82, 2.24) is 0 Å². The van der Waals surface area contributed by atoms with Gasteiger partial charge in [-0.15, -0.1) is 13.2 Å². The molecule has 2 aromatic carbocycles. The van der Waals surface area contributed by atoms with Gasteiger partial charge in [0.2, 0.25) is 0 Å². The highest BCUT2D eigenvalue weighted by Gasteiger charge is 2.17. The number of allylic oxidation sites excluding steroid dienone is 2. The Morgan fingerprint density at radius 2 is 1.47 bits per heavy atom.